The maximum Gasteiger partial charge on any atom is 0.319 e. The molecule has 2 N–H and O–H groups in total. The number of nitrogens with zero attached hydrogens (tertiary/aromatic N) is 1. The first-order valence-electron chi connectivity index (χ1n) is 9.16. The van der Waals surface area contributed by atoms with Gasteiger partial charge in [0, 0.05) is 24.5 Å². The maximum atomic E-state index is 12.4. The molecule has 0 aliphatic rings. The molecule has 0 spiro atoms. The second-order valence-corrected chi connectivity index (χ2v) is 6.96. The van der Waals surface area contributed by atoms with E-state index in [4.69, 9.17) is 21.1 Å². The standard InChI is InChI=1S/C22H24ClN3O3/c1-15-7-4-5-8-16(15)14-26-10-6-9-17(26)13-24-22(27)25-19-11-18(23)20(28-2)12-21(19)29-3/h4-12H,13-14H2,1-3H3,(H2,24,25,27). The van der Waals surface area contributed by atoms with Gasteiger partial charge in [0.25, 0.3) is 0 Å². The van der Waals surface area contributed by atoms with Crippen LogP contribution in [0.25, 0.3) is 0 Å². The normalized spacial score (nSPS) is 10.5. The Balaban J connectivity index is 1.65. The SMILES string of the molecule is COc1cc(OC)c(NC(=O)NCc2cccn2Cc2ccccc2C)cc1Cl. The lowest BCUT2D eigenvalue weighted by Gasteiger charge is -2.15. The van der Waals surface area contributed by atoms with Gasteiger partial charge in [-0.3, -0.25) is 0 Å². The average Bonchev–Trinajstić information content (AvgIpc) is 3.15. The first kappa shape index (κ1) is 20.6. The Hall–Kier alpha value is -3.12. The first-order chi connectivity index (χ1) is 14.0. The molecule has 152 valence electrons. The van der Waals surface area contributed by atoms with Crippen LogP contribution in [0.2, 0.25) is 5.02 Å². The van der Waals surface area contributed by atoms with Gasteiger partial charge in [-0.15, -0.1) is 0 Å². The van der Waals surface area contributed by atoms with Gasteiger partial charge in [0.05, 0.1) is 31.5 Å². The van der Waals surface area contributed by atoms with Crippen molar-refractivity contribution < 1.29 is 14.3 Å². The molecule has 0 fully saturated rings. The fourth-order valence-corrected chi connectivity index (χ4v) is 3.27. The monoisotopic (exact) mass is 413 g/mol. The third-order valence-corrected chi connectivity index (χ3v) is 4.97. The Morgan fingerprint density at radius 1 is 1.07 bits per heavy atom. The van der Waals surface area contributed by atoms with Crippen LogP contribution < -0.4 is 20.1 Å². The Labute approximate surface area is 175 Å². The molecule has 1 aromatic heterocycles. The smallest absolute Gasteiger partial charge is 0.319 e. The molecule has 7 heteroatoms. The van der Waals surface area contributed by atoms with Crippen molar-refractivity contribution in [3.8, 4) is 11.5 Å². The zero-order valence-corrected chi connectivity index (χ0v) is 17.4. The number of nitrogens with one attached hydrogen (secondary N) is 2. The number of amides is 2. The number of ether oxygens (including phenoxy) is 2. The number of rotatable bonds is 7. The summed E-state index contributed by atoms with van der Waals surface area (Å²) in [6, 6.07) is 15.1. The molecule has 1 heterocycles. The fourth-order valence-electron chi connectivity index (χ4n) is 3.03. The summed E-state index contributed by atoms with van der Waals surface area (Å²) in [7, 11) is 3.04. The van der Waals surface area contributed by atoms with Crippen molar-refractivity contribution >= 4 is 23.3 Å². The molecule has 3 rings (SSSR count). The number of methoxy groups -OCH3 is 2. The Kier molecular flexibility index (Phi) is 6.67. The zero-order chi connectivity index (χ0) is 20.8. The van der Waals surface area contributed by atoms with Crippen molar-refractivity contribution in [3.05, 3.63) is 76.6 Å². The minimum Gasteiger partial charge on any atom is -0.495 e. The number of aromatic nitrogens is 1. The molecular formula is C22H24ClN3O3. The van der Waals surface area contributed by atoms with Gasteiger partial charge < -0.3 is 24.7 Å². The van der Waals surface area contributed by atoms with Crippen LogP contribution >= 0.6 is 11.6 Å². The average molecular weight is 414 g/mol. The highest BCUT2D eigenvalue weighted by atomic mass is 35.5. The van der Waals surface area contributed by atoms with Crippen LogP contribution in [0, 0.1) is 6.92 Å². The van der Waals surface area contributed by atoms with Crippen LogP contribution in [0.1, 0.15) is 16.8 Å². The van der Waals surface area contributed by atoms with Crippen LogP contribution in [-0.4, -0.2) is 24.8 Å². The molecule has 0 radical (unpaired) electrons. The number of hydrogen-bond acceptors (Lipinski definition) is 3. The Morgan fingerprint density at radius 3 is 2.55 bits per heavy atom. The molecule has 6 nitrogen and oxygen atoms in total. The third kappa shape index (κ3) is 5.03. The van der Waals surface area contributed by atoms with E-state index in [1.165, 1.54) is 25.3 Å². The Morgan fingerprint density at radius 2 is 1.83 bits per heavy atom. The van der Waals surface area contributed by atoms with Gasteiger partial charge >= 0.3 is 6.03 Å². The van der Waals surface area contributed by atoms with Gasteiger partial charge in [0.2, 0.25) is 0 Å². The highest BCUT2D eigenvalue weighted by Crippen LogP contribution is 2.35. The van der Waals surface area contributed by atoms with E-state index in [2.05, 4.69) is 34.3 Å². The van der Waals surface area contributed by atoms with E-state index in [0.29, 0.717) is 28.8 Å². The lowest BCUT2D eigenvalue weighted by Crippen LogP contribution is -2.29. The second kappa shape index (κ2) is 9.39. The predicted molar refractivity (Wildman–Crippen MR) is 115 cm³/mol. The van der Waals surface area contributed by atoms with Crippen LogP contribution in [0.4, 0.5) is 10.5 Å². The number of carbonyl (C=O) groups excluding carboxylic acids is 1. The molecule has 2 aromatic carbocycles. The summed E-state index contributed by atoms with van der Waals surface area (Å²) in [5, 5.41) is 6.03. The number of carbonyl (C=O) groups is 1. The quantitative estimate of drug-likeness (QED) is 0.582. The van der Waals surface area contributed by atoms with Crippen LogP contribution in [0.15, 0.2) is 54.7 Å². The minimum atomic E-state index is -0.354. The molecule has 0 aliphatic carbocycles. The van der Waals surface area contributed by atoms with Gasteiger partial charge in [0.15, 0.2) is 0 Å². The Bertz CT molecular complexity index is 1000. The van der Waals surface area contributed by atoms with Crippen LogP contribution in [0.3, 0.4) is 0 Å². The van der Waals surface area contributed by atoms with Crippen molar-refractivity contribution in [2.75, 3.05) is 19.5 Å². The van der Waals surface area contributed by atoms with Crippen LogP contribution in [-0.2, 0) is 13.1 Å². The number of anilines is 1. The van der Waals surface area contributed by atoms with E-state index in [9.17, 15) is 4.79 Å². The van der Waals surface area contributed by atoms with Crippen molar-refractivity contribution in [2.24, 2.45) is 0 Å². The predicted octanol–water partition coefficient (Wildman–Crippen LogP) is 4.84. The molecule has 0 unspecified atom stereocenters. The third-order valence-electron chi connectivity index (χ3n) is 4.68. The number of benzene rings is 2. The topological polar surface area (TPSA) is 64.5 Å². The zero-order valence-electron chi connectivity index (χ0n) is 16.7. The summed E-state index contributed by atoms with van der Waals surface area (Å²) in [6.07, 6.45) is 2.01. The molecule has 0 saturated heterocycles. The van der Waals surface area contributed by atoms with Crippen LogP contribution in [0.5, 0.6) is 11.5 Å². The van der Waals surface area contributed by atoms with E-state index in [-0.39, 0.29) is 6.03 Å². The summed E-state index contributed by atoms with van der Waals surface area (Å²) < 4.78 is 12.6. The van der Waals surface area contributed by atoms with Gasteiger partial charge in [-0.1, -0.05) is 35.9 Å². The molecule has 0 atom stereocenters. The molecule has 3 aromatic rings. The number of hydrogen-bond donors (Lipinski definition) is 2. The summed E-state index contributed by atoms with van der Waals surface area (Å²) in [5.41, 5.74) is 3.95. The summed E-state index contributed by atoms with van der Waals surface area (Å²) >= 11 is 6.16. The summed E-state index contributed by atoms with van der Waals surface area (Å²) in [5.74, 6) is 0.938. The van der Waals surface area contributed by atoms with E-state index < -0.39 is 0 Å². The molecule has 0 aliphatic heterocycles. The minimum absolute atomic E-state index is 0.354. The fraction of sp³-hybridized carbons (Fsp3) is 0.227. The summed E-state index contributed by atoms with van der Waals surface area (Å²) in [4.78, 5) is 12.4. The van der Waals surface area contributed by atoms with E-state index in [1.54, 1.807) is 12.1 Å². The van der Waals surface area contributed by atoms with Gasteiger partial charge in [-0.05, 0) is 36.2 Å². The molecule has 0 saturated carbocycles. The van der Waals surface area contributed by atoms with E-state index in [1.807, 2.05) is 30.5 Å². The summed E-state index contributed by atoms with van der Waals surface area (Å²) in [6.45, 7) is 3.23. The number of aryl methyl sites for hydroxylation is 1. The number of urea groups is 1. The molecule has 2 amide bonds. The molecular weight excluding hydrogens is 390 g/mol. The van der Waals surface area contributed by atoms with Gasteiger partial charge in [-0.25, -0.2) is 4.79 Å². The first-order valence-corrected chi connectivity index (χ1v) is 9.54. The van der Waals surface area contributed by atoms with Crippen molar-refractivity contribution in [1.82, 2.24) is 9.88 Å². The lowest BCUT2D eigenvalue weighted by atomic mass is 10.1. The van der Waals surface area contributed by atoms with E-state index in [0.717, 1.165) is 12.2 Å². The van der Waals surface area contributed by atoms with Gasteiger partial charge in [-0.2, -0.15) is 0 Å². The second-order valence-electron chi connectivity index (χ2n) is 6.55. The highest BCUT2D eigenvalue weighted by Gasteiger charge is 2.13. The highest BCUT2D eigenvalue weighted by molar-refractivity contribution is 6.32. The molecule has 29 heavy (non-hydrogen) atoms. The van der Waals surface area contributed by atoms with Gasteiger partial charge in [0.1, 0.15) is 11.5 Å². The largest absolute Gasteiger partial charge is 0.495 e. The van der Waals surface area contributed by atoms with Crippen molar-refractivity contribution in [1.29, 1.82) is 0 Å². The number of halogens is 1. The van der Waals surface area contributed by atoms with E-state index >= 15 is 0 Å². The maximum absolute atomic E-state index is 12.4. The van der Waals surface area contributed by atoms with Crippen molar-refractivity contribution in [3.63, 3.8) is 0 Å². The molecule has 0 bridgehead atoms. The lowest BCUT2D eigenvalue weighted by molar-refractivity contribution is 0.251. The van der Waals surface area contributed by atoms with Crippen molar-refractivity contribution in [2.45, 2.75) is 20.0 Å².